The van der Waals surface area contributed by atoms with Crippen LogP contribution in [-0.2, 0) is 0 Å². The van der Waals surface area contributed by atoms with Crippen molar-refractivity contribution in [3.8, 4) is 6.07 Å². The van der Waals surface area contributed by atoms with Crippen LogP contribution in [-0.4, -0.2) is 17.7 Å². The second-order valence-electron chi connectivity index (χ2n) is 2.71. The van der Waals surface area contributed by atoms with Gasteiger partial charge in [-0.05, 0) is 19.1 Å². The molecule has 0 fully saturated rings. The summed E-state index contributed by atoms with van der Waals surface area (Å²) in [4.78, 5) is 3.94. The Morgan fingerprint density at radius 1 is 1.77 bits per heavy atom. The van der Waals surface area contributed by atoms with Crippen LogP contribution in [0.2, 0.25) is 0 Å². The maximum atomic E-state index is 12.1. The first-order valence-electron chi connectivity index (χ1n) is 3.95. The highest BCUT2D eigenvalue weighted by Gasteiger charge is 2.05. The van der Waals surface area contributed by atoms with Crippen molar-refractivity contribution >= 4 is 5.82 Å². The van der Waals surface area contributed by atoms with Crippen LogP contribution in [0, 0.1) is 11.3 Å². The highest BCUT2D eigenvalue weighted by atomic mass is 19.1. The van der Waals surface area contributed by atoms with Crippen molar-refractivity contribution in [1.29, 1.82) is 5.26 Å². The predicted molar refractivity (Wildman–Crippen MR) is 48.0 cm³/mol. The van der Waals surface area contributed by atoms with E-state index in [0.717, 1.165) is 0 Å². The van der Waals surface area contributed by atoms with Gasteiger partial charge < -0.3 is 5.32 Å². The summed E-state index contributed by atoms with van der Waals surface area (Å²) in [5.74, 6) is 0.440. The molecule has 1 heterocycles. The van der Waals surface area contributed by atoms with Gasteiger partial charge in [0.1, 0.15) is 18.6 Å². The quantitative estimate of drug-likeness (QED) is 0.768. The van der Waals surface area contributed by atoms with E-state index in [9.17, 15) is 4.39 Å². The molecule has 0 amide bonds. The summed E-state index contributed by atoms with van der Waals surface area (Å²) in [6, 6.07) is 4.97. The first-order valence-corrected chi connectivity index (χ1v) is 3.95. The molecule has 68 valence electrons. The van der Waals surface area contributed by atoms with Gasteiger partial charge in [-0.1, -0.05) is 0 Å². The molecule has 0 radical (unpaired) electrons. The topological polar surface area (TPSA) is 48.7 Å². The van der Waals surface area contributed by atoms with Crippen molar-refractivity contribution in [1.82, 2.24) is 4.98 Å². The van der Waals surface area contributed by atoms with Gasteiger partial charge in [0, 0.05) is 6.20 Å². The second kappa shape index (κ2) is 4.41. The maximum Gasteiger partial charge on any atom is 0.144 e. The zero-order valence-electron chi connectivity index (χ0n) is 7.29. The predicted octanol–water partition coefficient (Wildman–Crippen LogP) is 1.72. The van der Waals surface area contributed by atoms with E-state index in [1.807, 2.05) is 6.07 Å². The Balaban J connectivity index is 2.82. The Bertz CT molecular complexity index is 319. The molecular weight excluding hydrogens is 169 g/mol. The lowest BCUT2D eigenvalue weighted by Gasteiger charge is -2.10. The van der Waals surface area contributed by atoms with E-state index >= 15 is 0 Å². The smallest absolute Gasteiger partial charge is 0.144 e. The third-order valence-corrected chi connectivity index (χ3v) is 1.54. The lowest BCUT2D eigenvalue weighted by molar-refractivity contribution is 0.459. The fourth-order valence-corrected chi connectivity index (χ4v) is 0.883. The molecule has 1 aromatic heterocycles. The third-order valence-electron chi connectivity index (χ3n) is 1.54. The first kappa shape index (κ1) is 9.46. The van der Waals surface area contributed by atoms with E-state index in [4.69, 9.17) is 5.26 Å². The van der Waals surface area contributed by atoms with Gasteiger partial charge in [-0.2, -0.15) is 5.26 Å². The lowest BCUT2D eigenvalue weighted by Crippen LogP contribution is -2.18. The molecule has 4 heteroatoms. The zero-order valence-corrected chi connectivity index (χ0v) is 7.29. The van der Waals surface area contributed by atoms with Crippen molar-refractivity contribution in [3.63, 3.8) is 0 Å². The Labute approximate surface area is 76.2 Å². The standard InChI is InChI=1S/C9H10FN3/c1-7(5-10)13-9-8(6-11)3-2-4-12-9/h2-4,7H,5H2,1H3,(H,12,13)/t7-/m0/s1. The van der Waals surface area contributed by atoms with Crippen molar-refractivity contribution in [2.24, 2.45) is 0 Å². The van der Waals surface area contributed by atoms with Gasteiger partial charge in [0.05, 0.1) is 11.6 Å². The molecule has 0 saturated heterocycles. The highest BCUT2D eigenvalue weighted by Crippen LogP contribution is 2.10. The Morgan fingerprint density at radius 3 is 3.15 bits per heavy atom. The molecule has 1 N–H and O–H groups in total. The van der Waals surface area contributed by atoms with Gasteiger partial charge >= 0.3 is 0 Å². The number of nitrogens with zero attached hydrogens (tertiary/aromatic N) is 2. The van der Waals surface area contributed by atoms with Crippen LogP contribution in [0.25, 0.3) is 0 Å². The molecule has 0 bridgehead atoms. The molecule has 1 aromatic rings. The van der Waals surface area contributed by atoms with E-state index in [1.165, 1.54) is 0 Å². The number of rotatable bonds is 3. The summed E-state index contributed by atoms with van der Waals surface area (Å²) < 4.78 is 12.1. The number of hydrogen-bond donors (Lipinski definition) is 1. The van der Waals surface area contributed by atoms with Gasteiger partial charge in [0.25, 0.3) is 0 Å². The number of anilines is 1. The Hall–Kier alpha value is -1.63. The molecule has 0 aliphatic rings. The van der Waals surface area contributed by atoms with Gasteiger partial charge in [0.2, 0.25) is 0 Å². The minimum absolute atomic E-state index is 0.318. The second-order valence-corrected chi connectivity index (χ2v) is 2.71. The minimum atomic E-state index is -0.485. The van der Waals surface area contributed by atoms with Crippen LogP contribution in [0.4, 0.5) is 10.2 Å². The van der Waals surface area contributed by atoms with E-state index < -0.39 is 6.67 Å². The number of hydrogen-bond acceptors (Lipinski definition) is 3. The normalized spacial score (nSPS) is 11.8. The van der Waals surface area contributed by atoms with Crippen LogP contribution in [0.1, 0.15) is 12.5 Å². The molecule has 1 atom stereocenters. The Morgan fingerprint density at radius 2 is 2.54 bits per heavy atom. The number of halogens is 1. The van der Waals surface area contributed by atoms with Crippen molar-refractivity contribution in [2.45, 2.75) is 13.0 Å². The summed E-state index contributed by atoms with van der Waals surface area (Å²) in [6.07, 6.45) is 1.56. The lowest BCUT2D eigenvalue weighted by atomic mass is 10.2. The average Bonchev–Trinajstić information content (AvgIpc) is 2.18. The number of aromatic nitrogens is 1. The summed E-state index contributed by atoms with van der Waals surface area (Å²) in [7, 11) is 0. The largest absolute Gasteiger partial charge is 0.364 e. The molecule has 0 spiro atoms. The summed E-state index contributed by atoms with van der Waals surface area (Å²) in [5.41, 5.74) is 0.433. The van der Waals surface area contributed by atoms with Gasteiger partial charge in [-0.25, -0.2) is 9.37 Å². The van der Waals surface area contributed by atoms with Crippen molar-refractivity contribution in [2.75, 3.05) is 12.0 Å². The first-order chi connectivity index (χ1) is 6.27. The van der Waals surface area contributed by atoms with E-state index in [2.05, 4.69) is 10.3 Å². The molecule has 0 saturated carbocycles. The Kier molecular flexibility index (Phi) is 3.21. The fraction of sp³-hybridized carbons (Fsp3) is 0.333. The molecule has 1 rings (SSSR count). The fourth-order valence-electron chi connectivity index (χ4n) is 0.883. The van der Waals surface area contributed by atoms with Gasteiger partial charge in [-0.3, -0.25) is 0 Å². The summed E-state index contributed by atoms with van der Waals surface area (Å²) in [6.45, 7) is 1.21. The molecule has 13 heavy (non-hydrogen) atoms. The third kappa shape index (κ3) is 2.41. The molecule has 0 aliphatic carbocycles. The number of pyridine rings is 1. The number of alkyl halides is 1. The molecular formula is C9H10FN3. The number of nitrogens with one attached hydrogen (secondary N) is 1. The monoisotopic (exact) mass is 179 g/mol. The molecule has 3 nitrogen and oxygen atoms in total. The van der Waals surface area contributed by atoms with Gasteiger partial charge in [0.15, 0.2) is 0 Å². The van der Waals surface area contributed by atoms with E-state index in [0.29, 0.717) is 11.4 Å². The highest BCUT2D eigenvalue weighted by molar-refractivity contribution is 5.51. The van der Waals surface area contributed by atoms with E-state index in [-0.39, 0.29) is 6.04 Å². The average molecular weight is 179 g/mol. The summed E-state index contributed by atoms with van der Waals surface area (Å²) in [5, 5.41) is 11.5. The van der Waals surface area contributed by atoms with E-state index in [1.54, 1.807) is 25.3 Å². The van der Waals surface area contributed by atoms with Crippen LogP contribution in [0.15, 0.2) is 18.3 Å². The van der Waals surface area contributed by atoms with Crippen LogP contribution in [0.5, 0.6) is 0 Å². The summed E-state index contributed by atoms with van der Waals surface area (Å²) >= 11 is 0. The van der Waals surface area contributed by atoms with Crippen LogP contribution in [0.3, 0.4) is 0 Å². The van der Waals surface area contributed by atoms with Crippen molar-refractivity contribution < 1.29 is 4.39 Å². The number of nitriles is 1. The van der Waals surface area contributed by atoms with Crippen LogP contribution >= 0.6 is 0 Å². The minimum Gasteiger partial charge on any atom is -0.364 e. The molecule has 0 aromatic carbocycles. The van der Waals surface area contributed by atoms with Crippen LogP contribution < -0.4 is 5.32 Å². The van der Waals surface area contributed by atoms with Gasteiger partial charge in [-0.15, -0.1) is 0 Å². The van der Waals surface area contributed by atoms with Crippen molar-refractivity contribution in [3.05, 3.63) is 23.9 Å². The molecule has 0 unspecified atom stereocenters. The zero-order chi connectivity index (χ0) is 9.68. The molecule has 0 aliphatic heterocycles. The maximum absolute atomic E-state index is 12.1. The SMILES string of the molecule is C[C@@H](CF)Nc1ncccc1C#N.